The Kier molecular flexibility index (Phi) is 7.15. The van der Waals surface area contributed by atoms with E-state index < -0.39 is 11.9 Å². The molecule has 26 heavy (non-hydrogen) atoms. The third kappa shape index (κ3) is 3.59. The van der Waals surface area contributed by atoms with E-state index in [0.717, 1.165) is 0 Å². The first-order valence-electron chi connectivity index (χ1n) is 6.39. The van der Waals surface area contributed by atoms with Gasteiger partial charge in [-0.1, -0.05) is 0 Å². The largest absolute Gasteiger partial charge is 0.478 e. The molecule has 2 aromatic carbocycles. The summed E-state index contributed by atoms with van der Waals surface area (Å²) in [6.07, 6.45) is 0. The lowest BCUT2D eigenvalue weighted by Crippen LogP contribution is -2.06. The number of carboxylic acids is 2. The van der Waals surface area contributed by atoms with Crippen molar-refractivity contribution in [3.05, 3.63) is 11.1 Å². The summed E-state index contributed by atoms with van der Waals surface area (Å²) in [5.41, 5.74) is 0.371. The lowest BCUT2D eigenvalue weighted by atomic mass is 10.0. The summed E-state index contributed by atoms with van der Waals surface area (Å²) < 4.78 is 0. The maximum atomic E-state index is 11.5. The molecule has 0 unspecified atom stereocenters. The van der Waals surface area contributed by atoms with Crippen molar-refractivity contribution < 1.29 is 19.8 Å². The van der Waals surface area contributed by atoms with E-state index in [4.69, 9.17) is 0 Å². The van der Waals surface area contributed by atoms with Crippen molar-refractivity contribution in [2.45, 2.75) is 39.2 Å². The van der Waals surface area contributed by atoms with E-state index in [2.05, 4.69) is 101 Å². The summed E-state index contributed by atoms with van der Waals surface area (Å²) in [6.45, 7) is 0. The fourth-order valence-corrected chi connectivity index (χ4v) is 5.25. The Bertz CT molecular complexity index is 848. The van der Waals surface area contributed by atoms with Crippen LogP contribution in [0, 0.1) is 0 Å². The Balaban J connectivity index is 3.05. The van der Waals surface area contributed by atoms with Crippen LogP contribution in [0.3, 0.4) is 0 Å². The lowest BCUT2D eigenvalue weighted by Gasteiger charge is -2.21. The van der Waals surface area contributed by atoms with Crippen molar-refractivity contribution in [1.29, 1.82) is 0 Å². The molecule has 0 saturated heterocycles. The molecule has 0 spiro atoms. The zero-order valence-corrected chi connectivity index (χ0v) is 19.4. The Hall–Kier alpha value is 0.180. The molecule has 0 fully saturated rings. The standard InChI is InChI=1S/C14H10O4S8/c15-13(16)3-9(23)5(19)1(6(20)10(3)24)2-7(21)11(25)4(14(17)18)12(26)8(2)22/h19-26H,(H,15,16)(H,17,18). The van der Waals surface area contributed by atoms with Gasteiger partial charge in [0.25, 0.3) is 0 Å². The Labute approximate surface area is 192 Å². The van der Waals surface area contributed by atoms with Crippen LogP contribution in [0.4, 0.5) is 0 Å². The van der Waals surface area contributed by atoms with Crippen LogP contribution in [0.5, 0.6) is 0 Å². The maximum absolute atomic E-state index is 11.5. The van der Waals surface area contributed by atoms with Gasteiger partial charge in [-0.2, -0.15) is 0 Å². The van der Waals surface area contributed by atoms with Crippen LogP contribution in [0.15, 0.2) is 39.2 Å². The van der Waals surface area contributed by atoms with Crippen LogP contribution in [0.25, 0.3) is 11.1 Å². The van der Waals surface area contributed by atoms with Crippen molar-refractivity contribution in [3.8, 4) is 11.1 Å². The first-order chi connectivity index (χ1) is 11.9. The van der Waals surface area contributed by atoms with E-state index in [1.165, 1.54) is 0 Å². The van der Waals surface area contributed by atoms with Gasteiger partial charge >= 0.3 is 11.9 Å². The number of benzene rings is 2. The fourth-order valence-electron chi connectivity index (χ4n) is 2.27. The van der Waals surface area contributed by atoms with Gasteiger partial charge < -0.3 is 10.2 Å². The van der Waals surface area contributed by atoms with E-state index in [0.29, 0.717) is 11.1 Å². The minimum absolute atomic E-state index is 0.0721. The highest BCUT2D eigenvalue weighted by Crippen LogP contribution is 2.50. The average Bonchev–Trinajstić information content (AvgIpc) is 2.54. The Morgan fingerprint density at radius 2 is 0.654 bits per heavy atom. The second-order valence-electron chi connectivity index (χ2n) is 4.90. The van der Waals surface area contributed by atoms with E-state index in [9.17, 15) is 19.8 Å². The van der Waals surface area contributed by atoms with Gasteiger partial charge in [-0.3, -0.25) is 0 Å². The van der Waals surface area contributed by atoms with Crippen molar-refractivity contribution in [1.82, 2.24) is 0 Å². The van der Waals surface area contributed by atoms with Crippen LogP contribution < -0.4 is 0 Å². The molecule has 0 aliphatic rings. The summed E-state index contributed by atoms with van der Waals surface area (Å²) in [5, 5.41) is 18.7. The maximum Gasteiger partial charge on any atom is 0.338 e. The average molecular weight is 499 g/mol. The monoisotopic (exact) mass is 498 g/mol. The van der Waals surface area contributed by atoms with Crippen molar-refractivity contribution in [3.63, 3.8) is 0 Å². The molecular formula is C14H10O4S8. The molecule has 0 atom stereocenters. The molecule has 0 radical (unpaired) electrons. The predicted octanol–water partition coefficient (Wildman–Crippen LogP) is 5.06. The van der Waals surface area contributed by atoms with E-state index in [1.54, 1.807) is 0 Å². The quantitative estimate of drug-likeness (QED) is 0.275. The van der Waals surface area contributed by atoms with E-state index in [-0.39, 0.29) is 50.3 Å². The van der Waals surface area contributed by atoms with Gasteiger partial charge in [0.1, 0.15) is 0 Å². The number of aromatic carboxylic acids is 2. The molecule has 0 bridgehead atoms. The molecule has 0 aliphatic carbocycles. The molecular weight excluding hydrogens is 489 g/mol. The van der Waals surface area contributed by atoms with Gasteiger partial charge in [0, 0.05) is 50.3 Å². The number of hydrogen-bond donors (Lipinski definition) is 10. The van der Waals surface area contributed by atoms with Crippen molar-refractivity contribution >= 4 is 113 Å². The fraction of sp³-hybridized carbons (Fsp3) is 0. The van der Waals surface area contributed by atoms with Gasteiger partial charge in [0.05, 0.1) is 11.1 Å². The van der Waals surface area contributed by atoms with E-state index in [1.807, 2.05) is 0 Å². The van der Waals surface area contributed by atoms with Crippen LogP contribution in [-0.4, -0.2) is 22.2 Å². The third-order valence-corrected chi connectivity index (χ3v) is 7.75. The number of hydrogen-bond acceptors (Lipinski definition) is 10. The number of thiol groups is 8. The molecule has 0 heterocycles. The van der Waals surface area contributed by atoms with Gasteiger partial charge in [-0.05, 0) is 0 Å². The lowest BCUT2D eigenvalue weighted by molar-refractivity contribution is 0.0677. The zero-order valence-electron chi connectivity index (χ0n) is 12.3. The van der Waals surface area contributed by atoms with Gasteiger partial charge in [0.15, 0.2) is 0 Å². The molecule has 0 saturated carbocycles. The first-order valence-corrected chi connectivity index (χ1v) is 9.97. The molecule has 12 heteroatoms. The molecule has 2 N–H and O–H groups in total. The normalized spacial score (nSPS) is 10.9. The molecule has 4 nitrogen and oxygen atoms in total. The van der Waals surface area contributed by atoms with Crippen molar-refractivity contribution in [2.75, 3.05) is 0 Å². The summed E-state index contributed by atoms with van der Waals surface area (Å²) in [4.78, 5) is 24.0. The molecule has 0 aromatic heterocycles. The number of rotatable bonds is 3. The van der Waals surface area contributed by atoms with Crippen LogP contribution >= 0.6 is 101 Å². The second-order valence-corrected chi connectivity index (χ2v) is 8.48. The highest BCUT2D eigenvalue weighted by molar-refractivity contribution is 7.86. The summed E-state index contributed by atoms with van der Waals surface area (Å²) in [5.74, 6) is -2.47. The summed E-state index contributed by atoms with van der Waals surface area (Å²) in [7, 11) is 0. The van der Waals surface area contributed by atoms with Crippen LogP contribution in [0.2, 0.25) is 0 Å². The predicted molar refractivity (Wildman–Crippen MR) is 124 cm³/mol. The smallest absolute Gasteiger partial charge is 0.338 e. The first kappa shape index (κ1) is 22.5. The minimum atomic E-state index is -1.24. The van der Waals surface area contributed by atoms with Gasteiger partial charge in [0.2, 0.25) is 0 Å². The summed E-state index contributed by atoms with van der Waals surface area (Å²) in [6, 6.07) is 0. The van der Waals surface area contributed by atoms with Gasteiger partial charge in [-0.25, -0.2) is 9.59 Å². The molecule has 2 aromatic rings. The Morgan fingerprint density at radius 3 is 0.808 bits per heavy atom. The zero-order chi connectivity index (χ0) is 20.1. The highest BCUT2D eigenvalue weighted by Gasteiger charge is 2.28. The Morgan fingerprint density at radius 1 is 0.462 bits per heavy atom. The molecule has 2 rings (SSSR count). The second kappa shape index (κ2) is 8.27. The molecule has 0 aliphatic heterocycles. The number of carbonyl (C=O) groups is 2. The topological polar surface area (TPSA) is 74.6 Å². The van der Waals surface area contributed by atoms with Crippen LogP contribution in [-0.2, 0) is 0 Å². The molecule has 138 valence electrons. The van der Waals surface area contributed by atoms with Gasteiger partial charge in [-0.15, -0.1) is 101 Å². The SMILES string of the molecule is O=C(O)c1c(S)c(S)c(-c2c(S)c(S)c(C(=O)O)c(S)c2S)c(S)c1S. The summed E-state index contributed by atoms with van der Waals surface area (Å²) >= 11 is 34.5. The molecule has 0 amide bonds. The third-order valence-electron chi connectivity index (χ3n) is 3.47. The van der Waals surface area contributed by atoms with Crippen molar-refractivity contribution in [2.24, 2.45) is 0 Å². The number of carboxylic acid groups (broad SMARTS) is 2. The van der Waals surface area contributed by atoms with Crippen LogP contribution in [0.1, 0.15) is 20.7 Å². The van der Waals surface area contributed by atoms with E-state index >= 15 is 0 Å². The minimum Gasteiger partial charge on any atom is -0.478 e. The highest BCUT2D eigenvalue weighted by atomic mass is 32.1.